The van der Waals surface area contributed by atoms with E-state index in [4.69, 9.17) is 4.74 Å². The Morgan fingerprint density at radius 3 is 2.65 bits per heavy atom. The Balaban J connectivity index is 2.52. The number of allylic oxidation sites excluding steroid dienone is 3. The molecule has 1 saturated heterocycles. The maximum absolute atomic E-state index is 9.82. The molecule has 0 aromatic heterocycles. The van der Waals surface area contributed by atoms with Crippen LogP contribution in [0.2, 0.25) is 0 Å². The van der Waals surface area contributed by atoms with Crippen LogP contribution in [0.5, 0.6) is 0 Å². The Kier molecular flexibility index (Phi) is 3.11. The summed E-state index contributed by atoms with van der Waals surface area (Å²) in [5.41, 5.74) is 2.56. The SMILES string of the molecule is CC1=C[C@H](C)[C@]2(CO)COC(=C(C)C)[C@H]1[C@@H]2C. The molecule has 2 nitrogen and oxygen atoms in total. The number of rotatable bonds is 1. The van der Waals surface area contributed by atoms with E-state index < -0.39 is 0 Å². The monoisotopic (exact) mass is 236 g/mol. The Hall–Kier alpha value is -0.760. The fourth-order valence-corrected chi connectivity index (χ4v) is 3.59. The second kappa shape index (κ2) is 4.16. The van der Waals surface area contributed by atoms with Crippen LogP contribution in [0.3, 0.4) is 0 Å². The van der Waals surface area contributed by atoms with Crippen molar-refractivity contribution < 1.29 is 9.84 Å². The predicted molar refractivity (Wildman–Crippen MR) is 69.4 cm³/mol. The van der Waals surface area contributed by atoms with E-state index in [1.807, 2.05) is 0 Å². The Morgan fingerprint density at radius 2 is 2.12 bits per heavy atom. The third-order valence-electron chi connectivity index (χ3n) is 4.88. The van der Waals surface area contributed by atoms with E-state index in [-0.39, 0.29) is 12.0 Å². The average molecular weight is 236 g/mol. The lowest BCUT2D eigenvalue weighted by atomic mass is 9.57. The minimum Gasteiger partial charge on any atom is -0.497 e. The third kappa shape index (κ3) is 1.65. The van der Waals surface area contributed by atoms with Gasteiger partial charge in [-0.3, -0.25) is 0 Å². The van der Waals surface area contributed by atoms with Crippen molar-refractivity contribution in [2.75, 3.05) is 13.2 Å². The molecule has 2 heteroatoms. The quantitative estimate of drug-likeness (QED) is 0.709. The van der Waals surface area contributed by atoms with Gasteiger partial charge in [0.1, 0.15) is 5.76 Å². The molecule has 0 aromatic carbocycles. The van der Waals surface area contributed by atoms with Crippen LogP contribution in [-0.4, -0.2) is 18.3 Å². The van der Waals surface area contributed by atoms with E-state index in [9.17, 15) is 5.11 Å². The Bertz CT molecular complexity index is 376. The van der Waals surface area contributed by atoms with Gasteiger partial charge in [0, 0.05) is 11.3 Å². The molecule has 17 heavy (non-hydrogen) atoms. The van der Waals surface area contributed by atoms with Crippen molar-refractivity contribution in [3.8, 4) is 0 Å². The van der Waals surface area contributed by atoms with E-state index in [1.54, 1.807) is 0 Å². The van der Waals surface area contributed by atoms with Crippen molar-refractivity contribution in [1.29, 1.82) is 0 Å². The molecule has 96 valence electrons. The number of aliphatic hydroxyl groups excluding tert-OH is 1. The molecular formula is C15H24O2. The van der Waals surface area contributed by atoms with Crippen LogP contribution in [-0.2, 0) is 4.74 Å². The minimum atomic E-state index is -0.0941. The van der Waals surface area contributed by atoms with Crippen LogP contribution in [0, 0.1) is 23.2 Å². The van der Waals surface area contributed by atoms with Gasteiger partial charge in [-0.05, 0) is 38.2 Å². The second-order valence-corrected chi connectivity index (χ2v) is 6.01. The highest BCUT2D eigenvalue weighted by atomic mass is 16.5. The molecule has 2 aliphatic rings. The summed E-state index contributed by atoms with van der Waals surface area (Å²) in [5.74, 6) is 2.32. The molecule has 1 N–H and O–H groups in total. The number of ether oxygens (including phenoxy) is 1. The lowest BCUT2D eigenvalue weighted by Gasteiger charge is -2.53. The smallest absolute Gasteiger partial charge is 0.102 e. The summed E-state index contributed by atoms with van der Waals surface area (Å²) in [6.45, 7) is 11.7. The van der Waals surface area contributed by atoms with Crippen LogP contribution >= 0.6 is 0 Å². The first-order valence-corrected chi connectivity index (χ1v) is 6.53. The Morgan fingerprint density at radius 1 is 1.47 bits per heavy atom. The molecule has 0 amide bonds. The van der Waals surface area contributed by atoms with E-state index in [2.05, 4.69) is 40.7 Å². The van der Waals surface area contributed by atoms with Crippen molar-refractivity contribution in [3.63, 3.8) is 0 Å². The molecule has 0 spiro atoms. The Labute approximate surface area is 104 Å². The van der Waals surface area contributed by atoms with Crippen LogP contribution in [0.4, 0.5) is 0 Å². The standard InChI is InChI=1S/C15H24O2/c1-9(2)14-13-10(3)6-11(4)15(7-16,8-17-14)12(13)5/h6,11-13,16H,7-8H2,1-5H3/t11-,12-,13+,15-/m0/s1. The molecule has 0 unspecified atom stereocenters. The summed E-state index contributed by atoms with van der Waals surface area (Å²) in [5, 5.41) is 9.82. The van der Waals surface area contributed by atoms with Crippen molar-refractivity contribution >= 4 is 0 Å². The zero-order valence-electron chi connectivity index (χ0n) is 11.6. The van der Waals surface area contributed by atoms with Gasteiger partial charge in [0.25, 0.3) is 0 Å². The topological polar surface area (TPSA) is 29.5 Å². The highest BCUT2D eigenvalue weighted by molar-refractivity contribution is 5.29. The number of hydrogen-bond donors (Lipinski definition) is 1. The molecule has 2 rings (SSSR count). The fourth-order valence-electron chi connectivity index (χ4n) is 3.59. The van der Waals surface area contributed by atoms with Gasteiger partial charge in [-0.15, -0.1) is 0 Å². The summed E-state index contributed by atoms with van der Waals surface area (Å²) in [4.78, 5) is 0. The van der Waals surface area contributed by atoms with E-state index >= 15 is 0 Å². The molecule has 0 saturated carbocycles. The minimum absolute atomic E-state index is 0.0941. The van der Waals surface area contributed by atoms with Crippen molar-refractivity contribution in [2.24, 2.45) is 23.2 Å². The van der Waals surface area contributed by atoms with E-state index in [1.165, 1.54) is 11.1 Å². The van der Waals surface area contributed by atoms with Gasteiger partial charge in [0.2, 0.25) is 0 Å². The van der Waals surface area contributed by atoms with Gasteiger partial charge >= 0.3 is 0 Å². The third-order valence-corrected chi connectivity index (χ3v) is 4.88. The van der Waals surface area contributed by atoms with Gasteiger partial charge in [-0.25, -0.2) is 0 Å². The molecule has 1 heterocycles. The number of hydrogen-bond acceptors (Lipinski definition) is 2. The average Bonchev–Trinajstić information content (AvgIpc) is 2.26. The molecule has 1 fully saturated rings. The number of fused-ring (bicyclic) bond motifs is 2. The highest BCUT2D eigenvalue weighted by Crippen LogP contribution is 2.53. The first-order valence-electron chi connectivity index (χ1n) is 6.53. The van der Waals surface area contributed by atoms with E-state index in [0.29, 0.717) is 24.4 Å². The van der Waals surface area contributed by atoms with Crippen LogP contribution in [0.15, 0.2) is 23.0 Å². The summed E-state index contributed by atoms with van der Waals surface area (Å²) in [6.07, 6.45) is 2.33. The van der Waals surface area contributed by atoms with Crippen molar-refractivity contribution in [1.82, 2.24) is 0 Å². The highest BCUT2D eigenvalue weighted by Gasteiger charge is 2.52. The normalized spacial score (nSPS) is 40.7. The molecule has 0 radical (unpaired) electrons. The van der Waals surface area contributed by atoms with Gasteiger partial charge in [0.05, 0.1) is 13.2 Å². The summed E-state index contributed by atoms with van der Waals surface area (Å²) in [6, 6.07) is 0. The maximum Gasteiger partial charge on any atom is 0.102 e. The van der Waals surface area contributed by atoms with Gasteiger partial charge in [-0.2, -0.15) is 0 Å². The lowest BCUT2D eigenvalue weighted by molar-refractivity contribution is -0.0933. The summed E-state index contributed by atoms with van der Waals surface area (Å²) >= 11 is 0. The maximum atomic E-state index is 9.82. The van der Waals surface area contributed by atoms with E-state index in [0.717, 1.165) is 5.76 Å². The summed E-state index contributed by atoms with van der Waals surface area (Å²) in [7, 11) is 0. The van der Waals surface area contributed by atoms with Crippen LogP contribution in [0.1, 0.15) is 34.6 Å². The van der Waals surface area contributed by atoms with Crippen LogP contribution < -0.4 is 0 Å². The van der Waals surface area contributed by atoms with Gasteiger partial charge in [0.15, 0.2) is 0 Å². The first-order chi connectivity index (χ1) is 7.94. The number of aliphatic hydroxyl groups is 1. The molecule has 4 atom stereocenters. The van der Waals surface area contributed by atoms with Crippen molar-refractivity contribution in [2.45, 2.75) is 34.6 Å². The second-order valence-electron chi connectivity index (χ2n) is 6.01. The summed E-state index contributed by atoms with van der Waals surface area (Å²) < 4.78 is 5.99. The van der Waals surface area contributed by atoms with Gasteiger partial charge in [-0.1, -0.05) is 25.5 Å². The van der Waals surface area contributed by atoms with Gasteiger partial charge < -0.3 is 9.84 Å². The first kappa shape index (κ1) is 12.7. The fraction of sp³-hybridized carbons (Fsp3) is 0.733. The molecular weight excluding hydrogens is 212 g/mol. The van der Waals surface area contributed by atoms with Crippen molar-refractivity contribution in [3.05, 3.63) is 23.0 Å². The molecule has 1 aliphatic carbocycles. The largest absolute Gasteiger partial charge is 0.497 e. The lowest BCUT2D eigenvalue weighted by Crippen LogP contribution is -2.52. The zero-order chi connectivity index (χ0) is 12.8. The molecule has 2 bridgehead atoms. The molecule has 1 aliphatic heterocycles. The molecule has 0 aromatic rings. The van der Waals surface area contributed by atoms with Crippen LogP contribution in [0.25, 0.3) is 0 Å². The predicted octanol–water partition coefficient (Wildman–Crippen LogP) is 3.14. The zero-order valence-corrected chi connectivity index (χ0v) is 11.6.